The highest BCUT2D eigenvalue weighted by atomic mass is 32.2. The van der Waals surface area contributed by atoms with Crippen LogP contribution in [0.1, 0.15) is 22.4 Å². The van der Waals surface area contributed by atoms with Crippen LogP contribution in [-0.4, -0.2) is 30.9 Å². The molecule has 0 aliphatic carbocycles. The van der Waals surface area contributed by atoms with Gasteiger partial charge in [0.25, 0.3) is 17.2 Å². The van der Waals surface area contributed by atoms with Crippen LogP contribution in [0.4, 0.5) is 5.69 Å². The van der Waals surface area contributed by atoms with Crippen LogP contribution in [-0.2, 0) is 17.9 Å². The van der Waals surface area contributed by atoms with Gasteiger partial charge in [-0.3, -0.25) is 29.6 Å². The number of thioether (sulfide) groups is 1. The molecule has 1 N–H and O–H groups in total. The van der Waals surface area contributed by atoms with Gasteiger partial charge < -0.3 is 4.98 Å². The molecule has 200 valence electrons. The van der Waals surface area contributed by atoms with Crippen molar-refractivity contribution in [3.8, 4) is 0 Å². The summed E-state index contributed by atoms with van der Waals surface area (Å²) < 4.78 is 0. The maximum atomic E-state index is 13.7. The number of carbonyl (C=O) groups is 1. The molecule has 1 aliphatic heterocycles. The summed E-state index contributed by atoms with van der Waals surface area (Å²) in [5.74, 6) is -0.245. The molecule has 1 fully saturated rings. The lowest BCUT2D eigenvalue weighted by Crippen LogP contribution is -2.28. The van der Waals surface area contributed by atoms with E-state index in [-0.39, 0.29) is 17.2 Å². The van der Waals surface area contributed by atoms with Crippen molar-refractivity contribution in [3.05, 3.63) is 133 Å². The van der Waals surface area contributed by atoms with Gasteiger partial charge in [-0.2, -0.15) is 0 Å². The summed E-state index contributed by atoms with van der Waals surface area (Å²) in [7, 11) is 0. The lowest BCUT2D eigenvalue weighted by molar-refractivity contribution is -0.384. The fourth-order valence-corrected chi connectivity index (χ4v) is 5.86. The fourth-order valence-electron chi connectivity index (χ4n) is 3.97. The van der Waals surface area contributed by atoms with Crippen LogP contribution in [0.5, 0.6) is 0 Å². The number of hydrogen-bond acceptors (Lipinski definition) is 8. The summed E-state index contributed by atoms with van der Waals surface area (Å²) in [6, 6.07) is 25.2. The number of hydrogen-bond donors (Lipinski definition) is 1. The molecule has 1 aliphatic rings. The first kappa shape index (κ1) is 27.1. The number of nitrogens with zero attached hydrogens (tertiary/aromatic N) is 4. The van der Waals surface area contributed by atoms with Crippen LogP contribution in [0.15, 0.2) is 110 Å². The highest BCUT2D eigenvalue weighted by molar-refractivity contribution is 8.18. The van der Waals surface area contributed by atoms with Crippen molar-refractivity contribution in [2.75, 3.05) is 0 Å². The second kappa shape index (κ2) is 12.1. The zero-order chi connectivity index (χ0) is 28.1. The van der Waals surface area contributed by atoms with E-state index in [9.17, 15) is 19.7 Å². The Bertz CT molecular complexity index is 1690. The number of non-ortho nitro benzene ring substituents is 1. The number of rotatable bonds is 8. The van der Waals surface area contributed by atoms with E-state index in [2.05, 4.69) is 9.97 Å². The number of carbonyl (C=O) groups excluding carboxylic acids is 1. The van der Waals surface area contributed by atoms with E-state index >= 15 is 0 Å². The largest absolute Gasteiger partial charge is 0.301 e. The van der Waals surface area contributed by atoms with E-state index in [1.54, 1.807) is 24.0 Å². The number of benzene rings is 3. The maximum Gasteiger partial charge on any atom is 0.270 e. The summed E-state index contributed by atoms with van der Waals surface area (Å²) in [6.45, 7) is 2.45. The van der Waals surface area contributed by atoms with Gasteiger partial charge in [-0.15, -0.1) is 0 Å². The van der Waals surface area contributed by atoms with E-state index in [4.69, 9.17) is 4.99 Å². The Balaban J connectivity index is 1.52. The van der Waals surface area contributed by atoms with Gasteiger partial charge in [0.1, 0.15) is 0 Å². The minimum atomic E-state index is -0.485. The summed E-state index contributed by atoms with van der Waals surface area (Å²) in [4.78, 5) is 51.1. The van der Waals surface area contributed by atoms with Crippen molar-refractivity contribution in [2.45, 2.75) is 30.1 Å². The molecular formula is C29H23N5O4S2. The third-order valence-electron chi connectivity index (χ3n) is 5.86. The summed E-state index contributed by atoms with van der Waals surface area (Å²) >= 11 is 2.39. The van der Waals surface area contributed by atoms with Crippen LogP contribution in [0.25, 0.3) is 6.08 Å². The standard InChI is InChI=1S/C29H23N5O4S2/c1-19-14-26(35)32-28(31-19)39-24-13-12-23(34(37)38)15-22(24)16-25-27(36)33(18-21-10-6-3-7-11-21)29(40-25)30-17-20-8-4-2-5-9-20/h2-16H,17-18H2,1H3,(H,31,32,35)/b25-16+,30-29?. The van der Waals surface area contributed by atoms with E-state index in [1.165, 1.54) is 30.0 Å². The Hall–Kier alpha value is -4.48. The average molecular weight is 570 g/mol. The fraction of sp³-hybridized carbons (Fsp3) is 0.103. The van der Waals surface area contributed by atoms with Crippen LogP contribution in [0.3, 0.4) is 0 Å². The van der Waals surface area contributed by atoms with Crippen molar-refractivity contribution >= 4 is 46.4 Å². The number of aryl methyl sites for hydroxylation is 1. The first-order chi connectivity index (χ1) is 19.4. The number of nitrogens with one attached hydrogen (secondary N) is 1. The second-order valence-electron chi connectivity index (χ2n) is 8.85. The van der Waals surface area contributed by atoms with Gasteiger partial charge >= 0.3 is 0 Å². The van der Waals surface area contributed by atoms with Gasteiger partial charge in [0.05, 0.1) is 22.9 Å². The minimum absolute atomic E-state index is 0.114. The summed E-state index contributed by atoms with van der Waals surface area (Å²) in [5.41, 5.74) is 2.56. The molecule has 11 heteroatoms. The monoisotopic (exact) mass is 569 g/mol. The molecule has 0 bridgehead atoms. The Labute approximate surface area is 238 Å². The number of nitro benzene ring substituents is 1. The molecule has 1 amide bonds. The van der Waals surface area contributed by atoms with Crippen LogP contribution >= 0.6 is 23.5 Å². The number of amidine groups is 1. The predicted molar refractivity (Wildman–Crippen MR) is 157 cm³/mol. The molecule has 0 unspecified atom stereocenters. The molecule has 2 heterocycles. The van der Waals surface area contributed by atoms with Gasteiger partial charge in [0.2, 0.25) is 0 Å². The van der Waals surface area contributed by atoms with E-state index in [1.807, 2.05) is 60.7 Å². The lowest BCUT2D eigenvalue weighted by atomic mass is 10.1. The van der Waals surface area contributed by atoms with Crippen molar-refractivity contribution < 1.29 is 9.72 Å². The molecule has 0 atom stereocenters. The normalized spacial score (nSPS) is 15.2. The number of aliphatic imine (C=N–C) groups is 1. The Morgan fingerprint density at radius 3 is 2.40 bits per heavy atom. The first-order valence-corrected chi connectivity index (χ1v) is 13.9. The molecule has 0 spiro atoms. The Kier molecular flexibility index (Phi) is 8.23. The van der Waals surface area contributed by atoms with Gasteiger partial charge in [-0.05, 0) is 47.5 Å². The Morgan fingerprint density at radius 2 is 1.73 bits per heavy atom. The van der Waals surface area contributed by atoms with Gasteiger partial charge in [0.15, 0.2) is 10.3 Å². The Morgan fingerprint density at radius 1 is 1.02 bits per heavy atom. The number of amides is 1. The highest BCUT2D eigenvalue weighted by Crippen LogP contribution is 2.37. The zero-order valence-electron chi connectivity index (χ0n) is 21.3. The summed E-state index contributed by atoms with van der Waals surface area (Å²) in [6.07, 6.45) is 1.64. The lowest BCUT2D eigenvalue weighted by Gasteiger charge is -2.15. The highest BCUT2D eigenvalue weighted by Gasteiger charge is 2.33. The smallest absolute Gasteiger partial charge is 0.270 e. The topological polar surface area (TPSA) is 122 Å². The van der Waals surface area contributed by atoms with Crippen LogP contribution < -0.4 is 5.56 Å². The third kappa shape index (κ3) is 6.56. The van der Waals surface area contributed by atoms with Crippen molar-refractivity contribution in [3.63, 3.8) is 0 Å². The number of aromatic nitrogens is 2. The molecule has 9 nitrogen and oxygen atoms in total. The number of aromatic amines is 1. The minimum Gasteiger partial charge on any atom is -0.301 e. The first-order valence-electron chi connectivity index (χ1n) is 12.2. The van der Waals surface area contributed by atoms with E-state index in [0.29, 0.717) is 44.5 Å². The van der Waals surface area contributed by atoms with E-state index in [0.717, 1.165) is 22.9 Å². The molecular weight excluding hydrogens is 546 g/mol. The number of H-pyrrole nitrogens is 1. The average Bonchev–Trinajstić information content (AvgIpc) is 3.22. The van der Waals surface area contributed by atoms with Gasteiger partial charge in [-0.1, -0.05) is 72.4 Å². The van der Waals surface area contributed by atoms with Crippen LogP contribution in [0, 0.1) is 17.0 Å². The number of nitro groups is 1. The SMILES string of the molecule is Cc1cc(=O)[nH]c(Sc2ccc([N+](=O)[O-])cc2/C=C2/SC(=NCc3ccccc3)N(Cc3ccccc3)C2=O)n1. The molecule has 40 heavy (non-hydrogen) atoms. The molecule has 1 aromatic heterocycles. The second-order valence-corrected chi connectivity index (χ2v) is 10.9. The molecule has 0 saturated carbocycles. The molecule has 5 rings (SSSR count). The maximum absolute atomic E-state index is 13.7. The van der Waals surface area contributed by atoms with Crippen molar-refractivity contribution in [2.24, 2.45) is 4.99 Å². The zero-order valence-corrected chi connectivity index (χ0v) is 22.9. The van der Waals surface area contributed by atoms with Gasteiger partial charge in [-0.25, -0.2) is 4.98 Å². The quantitative estimate of drug-likeness (QED) is 0.123. The van der Waals surface area contributed by atoms with E-state index < -0.39 is 4.92 Å². The third-order valence-corrected chi connectivity index (χ3v) is 7.88. The predicted octanol–water partition coefficient (Wildman–Crippen LogP) is 5.81. The molecule has 0 radical (unpaired) electrons. The summed E-state index contributed by atoms with van der Waals surface area (Å²) in [5, 5.41) is 12.5. The van der Waals surface area contributed by atoms with Crippen molar-refractivity contribution in [1.29, 1.82) is 0 Å². The molecule has 1 saturated heterocycles. The van der Waals surface area contributed by atoms with Gasteiger partial charge in [0, 0.05) is 28.8 Å². The van der Waals surface area contributed by atoms with Crippen molar-refractivity contribution in [1.82, 2.24) is 14.9 Å². The molecule has 3 aromatic carbocycles. The van der Waals surface area contributed by atoms with Crippen LogP contribution in [0.2, 0.25) is 0 Å². The molecule has 4 aromatic rings.